The van der Waals surface area contributed by atoms with Crippen molar-refractivity contribution in [3.05, 3.63) is 26.5 Å². The molecule has 14 heavy (non-hydrogen) atoms. The Morgan fingerprint density at radius 3 is 2.93 bits per heavy atom. The van der Waals surface area contributed by atoms with E-state index in [0.29, 0.717) is 16.8 Å². The van der Waals surface area contributed by atoms with Crippen LogP contribution in [0.5, 0.6) is 0 Å². The summed E-state index contributed by atoms with van der Waals surface area (Å²) in [5.41, 5.74) is 2.18. The Hall–Kier alpha value is -1.11. The monoisotopic (exact) mass is 302 g/mol. The van der Waals surface area contributed by atoms with Crippen LogP contribution in [0.1, 0.15) is 5.56 Å². The molecule has 0 aliphatic carbocycles. The highest BCUT2D eigenvalue weighted by molar-refractivity contribution is 14.1. The molecule has 0 unspecified atom stereocenters. The largest absolute Gasteiger partial charge is 0.619 e. The van der Waals surface area contributed by atoms with E-state index in [0.717, 1.165) is 14.8 Å². The predicted molar refractivity (Wildman–Crippen MR) is 61.9 cm³/mol. The number of halogens is 1. The van der Waals surface area contributed by atoms with Gasteiger partial charge in [0.1, 0.15) is 6.72 Å². The highest BCUT2D eigenvalue weighted by atomic mass is 127. The maximum absolute atomic E-state index is 11.1. The van der Waals surface area contributed by atoms with Crippen LogP contribution in [-0.4, -0.2) is 17.4 Å². The second-order valence-electron chi connectivity index (χ2n) is 3.03. The third kappa shape index (κ3) is 1.37. The summed E-state index contributed by atoms with van der Waals surface area (Å²) in [7, 11) is 0. The molecule has 1 aliphatic rings. The van der Waals surface area contributed by atoms with Gasteiger partial charge in [-0.05, 0) is 28.7 Å². The van der Waals surface area contributed by atoms with Crippen molar-refractivity contribution >= 4 is 46.6 Å². The zero-order chi connectivity index (χ0) is 10.3. The summed E-state index contributed by atoms with van der Waals surface area (Å²) >= 11 is 2.06. The zero-order valence-electron chi connectivity index (χ0n) is 7.21. The van der Waals surface area contributed by atoms with Gasteiger partial charge in [0.25, 0.3) is 0 Å². The minimum atomic E-state index is -0.0309. The van der Waals surface area contributed by atoms with Crippen LogP contribution in [0.15, 0.2) is 12.1 Å². The number of hydrogen-bond acceptors (Lipinski definition) is 2. The van der Waals surface area contributed by atoms with Crippen LogP contribution in [0.2, 0.25) is 0 Å². The average molecular weight is 302 g/mol. The summed E-state index contributed by atoms with van der Waals surface area (Å²) in [6, 6.07) is 3.39. The third-order valence-corrected chi connectivity index (χ3v) is 3.31. The first kappa shape index (κ1) is 9.45. The number of fused-ring (bicyclic) bond motifs is 1. The lowest BCUT2D eigenvalue weighted by Gasteiger charge is -2.06. The Labute approximate surface area is 94.3 Å². The van der Waals surface area contributed by atoms with Crippen LogP contribution in [0.4, 0.5) is 11.4 Å². The van der Waals surface area contributed by atoms with Gasteiger partial charge in [0.2, 0.25) is 11.6 Å². The van der Waals surface area contributed by atoms with E-state index in [-0.39, 0.29) is 5.91 Å². The number of hydrogen-bond donors (Lipinski definition) is 1. The summed E-state index contributed by atoms with van der Waals surface area (Å²) in [6.07, 6.45) is 0.343. The summed E-state index contributed by atoms with van der Waals surface area (Å²) < 4.78 is 1.36. The number of carbonyl (C=O) groups is 1. The van der Waals surface area contributed by atoms with Crippen LogP contribution in [0, 0.1) is 8.78 Å². The first-order valence-corrected chi connectivity index (χ1v) is 5.06. The highest BCUT2D eigenvalue weighted by Crippen LogP contribution is 2.33. The fourth-order valence-corrected chi connectivity index (χ4v) is 2.38. The van der Waals surface area contributed by atoms with Gasteiger partial charge in [-0.2, -0.15) is 4.74 Å². The summed E-state index contributed by atoms with van der Waals surface area (Å²) in [4.78, 5) is 11.1. The first-order valence-electron chi connectivity index (χ1n) is 3.98. The molecule has 0 fully saturated rings. The topological polar surface area (TPSA) is 55.2 Å². The fraction of sp³-hybridized carbons (Fsp3) is 0.111. The summed E-state index contributed by atoms with van der Waals surface area (Å²) in [5.74, 6) is -0.0309. The van der Waals surface area contributed by atoms with Crippen molar-refractivity contribution in [2.75, 3.05) is 5.32 Å². The van der Waals surface area contributed by atoms with Gasteiger partial charge in [0, 0.05) is 17.3 Å². The highest BCUT2D eigenvalue weighted by Gasteiger charge is 2.23. The number of nitrogens with zero attached hydrogens (tertiary/aromatic N) is 1. The van der Waals surface area contributed by atoms with Gasteiger partial charge >= 0.3 is 0 Å². The molecule has 0 radical (unpaired) electrons. The Morgan fingerprint density at radius 1 is 1.57 bits per heavy atom. The van der Waals surface area contributed by atoms with Crippen LogP contribution >= 0.6 is 22.6 Å². The quantitative estimate of drug-likeness (QED) is 0.282. The summed E-state index contributed by atoms with van der Waals surface area (Å²) in [5, 5.41) is 13.8. The lowest BCUT2D eigenvalue weighted by atomic mass is 10.1. The molecule has 0 spiro atoms. The minimum absolute atomic E-state index is 0.0309. The molecule has 4 nitrogen and oxygen atoms in total. The minimum Gasteiger partial charge on any atom is -0.619 e. The molecule has 1 aromatic rings. The number of anilines is 1. The average Bonchev–Trinajstić information content (AvgIpc) is 2.46. The molecule has 1 aromatic carbocycles. The maximum Gasteiger partial charge on any atom is 0.229 e. The molecule has 1 heterocycles. The molecule has 0 aromatic heterocycles. The van der Waals surface area contributed by atoms with Crippen LogP contribution in [0.3, 0.4) is 0 Å². The van der Waals surface area contributed by atoms with E-state index in [1.807, 2.05) is 0 Å². The van der Waals surface area contributed by atoms with E-state index in [9.17, 15) is 10.0 Å². The number of carbonyl (C=O) groups excluding carboxylic acids is 1. The van der Waals surface area contributed by atoms with Gasteiger partial charge in [0.15, 0.2) is 0 Å². The number of amides is 1. The van der Waals surface area contributed by atoms with Gasteiger partial charge < -0.3 is 10.5 Å². The van der Waals surface area contributed by atoms with Gasteiger partial charge in [0.05, 0.1) is 9.99 Å². The van der Waals surface area contributed by atoms with Crippen molar-refractivity contribution in [1.29, 1.82) is 0 Å². The van der Waals surface area contributed by atoms with Crippen molar-refractivity contribution in [3.8, 4) is 0 Å². The maximum atomic E-state index is 11.1. The Kier molecular flexibility index (Phi) is 2.18. The summed E-state index contributed by atoms with van der Waals surface area (Å²) in [6.45, 7) is 3.28. The van der Waals surface area contributed by atoms with Crippen molar-refractivity contribution in [3.63, 3.8) is 0 Å². The molecular formula is C9H7IN2O2. The second kappa shape index (κ2) is 3.23. The lowest BCUT2D eigenvalue weighted by molar-refractivity contribution is -0.350. The molecule has 72 valence electrons. The van der Waals surface area contributed by atoms with Crippen LogP contribution < -0.4 is 5.32 Å². The standard InChI is InChI=1S/C9H7IN2O2/c1-12(14)7-3-2-6-5(9(7)10)4-8(13)11-6/h2-3H,1,4H2,(H,11,13). The van der Waals surface area contributed by atoms with E-state index < -0.39 is 0 Å². The van der Waals surface area contributed by atoms with E-state index >= 15 is 0 Å². The molecular weight excluding hydrogens is 295 g/mol. The number of benzene rings is 1. The van der Waals surface area contributed by atoms with E-state index in [1.54, 1.807) is 12.1 Å². The normalized spacial score (nSPS) is 13.6. The molecule has 0 bridgehead atoms. The van der Waals surface area contributed by atoms with Crippen molar-refractivity contribution in [1.82, 2.24) is 0 Å². The zero-order valence-corrected chi connectivity index (χ0v) is 9.37. The Bertz CT molecular complexity index is 443. The Balaban J connectivity index is 2.59. The number of rotatable bonds is 1. The van der Waals surface area contributed by atoms with Crippen LogP contribution in [0.25, 0.3) is 0 Å². The van der Waals surface area contributed by atoms with Crippen molar-refractivity contribution < 1.29 is 9.53 Å². The van der Waals surface area contributed by atoms with E-state index in [4.69, 9.17) is 0 Å². The predicted octanol–water partition coefficient (Wildman–Crippen LogP) is 1.63. The first-order chi connectivity index (χ1) is 6.59. The smallest absolute Gasteiger partial charge is 0.229 e. The van der Waals surface area contributed by atoms with Crippen LogP contribution in [-0.2, 0) is 11.2 Å². The molecule has 0 atom stereocenters. The van der Waals surface area contributed by atoms with E-state index in [1.165, 1.54) is 0 Å². The third-order valence-electron chi connectivity index (χ3n) is 2.10. The van der Waals surface area contributed by atoms with Crippen molar-refractivity contribution in [2.45, 2.75) is 6.42 Å². The van der Waals surface area contributed by atoms with Gasteiger partial charge in [-0.15, -0.1) is 0 Å². The molecule has 0 saturated heterocycles. The molecule has 0 saturated carbocycles. The number of nitrogens with one attached hydrogen (secondary N) is 1. The fourth-order valence-electron chi connectivity index (χ4n) is 1.45. The second-order valence-corrected chi connectivity index (χ2v) is 4.11. The molecule has 1 N–H and O–H groups in total. The molecule has 1 amide bonds. The molecule has 2 rings (SSSR count). The van der Waals surface area contributed by atoms with Gasteiger partial charge in [-0.25, -0.2) is 0 Å². The van der Waals surface area contributed by atoms with E-state index in [2.05, 4.69) is 34.6 Å². The Morgan fingerprint density at radius 2 is 2.29 bits per heavy atom. The van der Waals surface area contributed by atoms with Gasteiger partial charge in [-0.3, -0.25) is 4.79 Å². The molecule has 5 heteroatoms. The SMILES string of the molecule is C=[N+]([O-])c1ccc2c(c1I)CC(=O)N2. The van der Waals surface area contributed by atoms with Gasteiger partial charge in [-0.1, -0.05) is 0 Å². The lowest BCUT2D eigenvalue weighted by Crippen LogP contribution is -2.03. The molecule has 1 aliphatic heterocycles. The van der Waals surface area contributed by atoms with Crippen molar-refractivity contribution in [2.24, 2.45) is 0 Å².